The van der Waals surface area contributed by atoms with Gasteiger partial charge in [-0.05, 0) is 302 Å². The summed E-state index contributed by atoms with van der Waals surface area (Å²) >= 11 is 4.94. The fraction of sp³-hybridized carbons (Fsp3) is 0.552. The number of carbonyl (C=O) groups is 9. The number of nitrogens with two attached hydrogens (primary N) is 3. The van der Waals surface area contributed by atoms with Crippen molar-refractivity contribution in [2.24, 2.45) is 5.73 Å². The van der Waals surface area contributed by atoms with E-state index in [-0.39, 0.29) is 118 Å². The van der Waals surface area contributed by atoms with E-state index < -0.39 is 96.2 Å². The molecule has 4 atom stereocenters. The van der Waals surface area contributed by atoms with Gasteiger partial charge in [-0.2, -0.15) is 0 Å². The lowest BCUT2D eigenvalue weighted by Crippen LogP contribution is -2.30. The first kappa shape index (κ1) is 142. The van der Waals surface area contributed by atoms with Crippen LogP contribution >= 0.6 is 19.2 Å². The molecule has 1 fully saturated rings. The fourth-order valence-electron chi connectivity index (χ4n) is 13.2. The summed E-state index contributed by atoms with van der Waals surface area (Å²) in [5.74, 6) is -2.93. The maximum atomic E-state index is 12.4. The summed E-state index contributed by atoms with van der Waals surface area (Å²) in [7, 11) is 0.687. The third kappa shape index (κ3) is 69.9. The minimum Gasteiger partial charge on any atom is -0.460 e. The molecule has 7 rings (SSSR count). The predicted molar refractivity (Wildman–Crippen MR) is 583 cm³/mol. The quantitative estimate of drug-likeness (QED) is 0.00169. The van der Waals surface area contributed by atoms with E-state index in [9.17, 15) is 98.4 Å². The van der Waals surface area contributed by atoms with Gasteiger partial charge in [-0.15, -0.1) is 11.6 Å². The van der Waals surface area contributed by atoms with Gasteiger partial charge in [-0.1, -0.05) is 61.9 Å². The van der Waals surface area contributed by atoms with E-state index in [4.69, 9.17) is 81.5 Å². The number of alkyl halides is 1. The van der Waals surface area contributed by atoms with Gasteiger partial charge in [0.25, 0.3) is 17.1 Å². The van der Waals surface area contributed by atoms with Crippen LogP contribution in [0.3, 0.4) is 0 Å². The normalized spacial score (nSPS) is 12.1. The Kier molecular flexibility index (Phi) is 68.2. The molecule has 1 saturated heterocycles. The number of nitro benzene ring substituents is 3. The number of epoxide rings is 1. The summed E-state index contributed by atoms with van der Waals surface area (Å²) in [6.45, 7) is 50.2. The molecule has 45 heteroatoms. The Bertz CT molecular complexity index is 5290. The number of halogens is 1. The Hall–Kier alpha value is -12.3. The van der Waals surface area contributed by atoms with Gasteiger partial charge in [0, 0.05) is 99.8 Å². The van der Waals surface area contributed by atoms with Crippen LogP contribution in [0.2, 0.25) is 12.6 Å². The number of aliphatic hydroxyl groups excluding tert-OH is 3. The van der Waals surface area contributed by atoms with Crippen molar-refractivity contribution in [2.45, 2.75) is 288 Å². The van der Waals surface area contributed by atoms with Crippen molar-refractivity contribution in [2.75, 3.05) is 108 Å². The molecule has 9 N–H and O–H groups in total. The molecule has 1 aliphatic rings. The standard InChI is InChI=1S/C21H33BNO5.C17H25BNO3.C15H20N2O6.C15H24N2O2.C14H17NO4.C10H21O5P.C8H7NO3.C2H5ClO.C2H4O.CH3NO2/c1-16-5-6-18(23(9-11-24)10-12-25)14-19(16)17(7-8-22-15-26)13-20(27)28-21(2,3)4;1-12-5-6-14(19)10-15(12)13(7-8-18-11-20)9-16(21)22-17(2,3)4;1-10-5-6-12(17(21)22)8-13(10)11(9-16(19)20)7-14(18)23-15(2,3)4;1-10-5-6-12(17)8-13(10)11(9-16)7-14(18)19-15(2,3)4;1-10-5-7-12(15(17)18)9-11(10)6-8-13(16)19-14(2,3)4;1-6-13-16(12,14-7-2)8-9(11)15-10(3,4)5;1-6-2-3-8(9(11)12)4-7(6)5-10;3-1-2-4;1-2-3-1;1-2(3)4/h5-6,14-15,17,24-25H,7-13H2,1-4H3;5-6,10-11,13H,7-9,19H2,1-4H3;5-6,8,11H,7,9H2,1-4H3;5-6,8,11H,7,9,16-17H2,1-4H3;5-9H,1-4H3;6-8H2,1-5H3;2-5H,1H3;4H,1-2H2;1-2H2;1H3/b;;;;8-6+;;;;;. The Labute approximate surface area is 888 Å². The van der Waals surface area contributed by atoms with E-state index in [1.54, 1.807) is 117 Å². The number of rotatable bonds is 41. The first-order chi connectivity index (χ1) is 69.4. The van der Waals surface area contributed by atoms with Crippen molar-refractivity contribution in [1.29, 1.82) is 0 Å². The molecule has 0 saturated carbocycles. The molecule has 834 valence electrons. The molecule has 0 amide bonds. The third-order valence-corrected chi connectivity index (χ3v) is 21.4. The maximum absolute atomic E-state index is 12.4. The highest BCUT2D eigenvalue weighted by molar-refractivity contribution is 7.54. The third-order valence-electron chi connectivity index (χ3n) is 19.3. The molecule has 41 nitrogen and oxygen atoms in total. The second-order valence-electron chi connectivity index (χ2n) is 39.8. The molecule has 0 spiro atoms. The van der Waals surface area contributed by atoms with Crippen LogP contribution in [-0.4, -0.2) is 234 Å². The Balaban J connectivity index is -0.00000167. The zero-order valence-corrected chi connectivity index (χ0v) is 93.7. The molecule has 2 radical (unpaired) electrons. The Morgan fingerprint density at radius 2 is 0.767 bits per heavy atom. The van der Waals surface area contributed by atoms with Crippen LogP contribution in [-0.2, 0) is 85.1 Å². The van der Waals surface area contributed by atoms with Gasteiger partial charge in [0.1, 0.15) is 39.8 Å². The fourth-order valence-corrected chi connectivity index (χ4v) is 14.6. The predicted octanol–water partition coefficient (Wildman–Crippen LogP) is 18.4. The number of carbonyl (C=O) groups excluding carboxylic acids is 9. The van der Waals surface area contributed by atoms with Crippen molar-refractivity contribution in [3.8, 4) is 0 Å². The van der Waals surface area contributed by atoms with Crippen molar-refractivity contribution >= 4 is 128 Å². The van der Waals surface area contributed by atoms with Crippen LogP contribution in [0.15, 0.2) is 115 Å². The first-order valence-corrected chi connectivity index (χ1v) is 50.7. The van der Waals surface area contributed by atoms with Crippen molar-refractivity contribution < 1.29 is 130 Å². The van der Waals surface area contributed by atoms with E-state index in [0.29, 0.717) is 90.9 Å². The second-order valence-corrected chi connectivity index (χ2v) is 42.3. The van der Waals surface area contributed by atoms with Crippen molar-refractivity contribution in [1.82, 2.24) is 0 Å². The number of hydrogen-bond donors (Lipinski definition) is 6. The number of aldehydes is 1. The molecule has 6 aromatic carbocycles. The van der Waals surface area contributed by atoms with E-state index in [1.807, 2.05) is 150 Å². The molecule has 0 bridgehead atoms. The summed E-state index contributed by atoms with van der Waals surface area (Å²) in [6, 6.07) is 30.2. The van der Waals surface area contributed by atoms with Crippen molar-refractivity contribution in [3.05, 3.63) is 233 Å². The van der Waals surface area contributed by atoms with Gasteiger partial charge >= 0.3 is 43.4 Å². The van der Waals surface area contributed by atoms with Gasteiger partial charge in [0.05, 0.1) is 105 Å². The Morgan fingerprint density at radius 3 is 1.09 bits per heavy atom. The average molecular weight is 2150 g/mol. The van der Waals surface area contributed by atoms with Crippen LogP contribution in [0.1, 0.15) is 272 Å². The summed E-state index contributed by atoms with van der Waals surface area (Å²) in [5.41, 5.74) is 26.1. The number of nitrogens with zero attached hydrogens (tertiary/aromatic N) is 6. The number of non-ortho nitro benzene ring substituents is 3. The lowest BCUT2D eigenvalue weighted by Gasteiger charge is -2.27. The molecule has 1 heterocycles. The maximum Gasteiger partial charge on any atom is 0.341 e. The van der Waals surface area contributed by atoms with Crippen LogP contribution in [0, 0.1) is 92.1 Å². The highest BCUT2D eigenvalue weighted by atomic mass is 35.5. The highest BCUT2D eigenvalue weighted by Gasteiger charge is 2.33. The molecule has 1 aliphatic heterocycles. The monoisotopic (exact) mass is 2150 g/mol. The number of aliphatic hydroxyl groups is 3. The molecular weight excluding hydrogens is 1990 g/mol. The van der Waals surface area contributed by atoms with Crippen LogP contribution in [0.25, 0.3) is 6.08 Å². The average Bonchev–Trinajstić information content (AvgIpc) is 1.55. The van der Waals surface area contributed by atoms with Gasteiger partial charge in [-0.25, -0.2) is 4.79 Å². The Morgan fingerprint density at radius 1 is 0.460 bits per heavy atom. The van der Waals surface area contributed by atoms with Crippen molar-refractivity contribution in [3.63, 3.8) is 0 Å². The van der Waals surface area contributed by atoms with Crippen LogP contribution in [0.5, 0.6) is 0 Å². The summed E-state index contributed by atoms with van der Waals surface area (Å²) in [5, 5.41) is 77.9. The number of hydrogen-bond acceptors (Lipinski definition) is 36. The molecule has 6 aromatic rings. The second kappa shape index (κ2) is 72.2. The zero-order chi connectivity index (χ0) is 116. The number of ether oxygens (including phenoxy) is 7. The zero-order valence-electron chi connectivity index (χ0n) is 92.0. The van der Waals surface area contributed by atoms with Gasteiger partial charge in [0.15, 0.2) is 27.9 Å². The van der Waals surface area contributed by atoms with Crippen LogP contribution in [0.4, 0.5) is 34.1 Å². The van der Waals surface area contributed by atoms with Gasteiger partial charge < -0.3 is 89.2 Å². The van der Waals surface area contributed by atoms with E-state index >= 15 is 0 Å². The smallest absolute Gasteiger partial charge is 0.341 e. The molecule has 0 aliphatic carbocycles. The minimum absolute atomic E-state index is 0.00505. The van der Waals surface area contributed by atoms with E-state index in [0.717, 1.165) is 82.8 Å². The topological polar surface area (TPSA) is 615 Å². The van der Waals surface area contributed by atoms with Gasteiger partial charge in [0.2, 0.25) is 6.54 Å². The summed E-state index contributed by atoms with van der Waals surface area (Å²) in [4.78, 5) is 154. The number of aryl methyl sites for hydroxylation is 6. The summed E-state index contributed by atoms with van der Waals surface area (Å²) < 4.78 is 58.1. The summed E-state index contributed by atoms with van der Waals surface area (Å²) in [6.07, 6.45) is 7.80. The molecule has 0 aromatic heterocycles. The lowest BCUT2D eigenvalue weighted by molar-refractivity contribution is -0.483. The lowest BCUT2D eigenvalue weighted by atomic mass is 9.72. The number of benzene rings is 6. The highest BCUT2D eigenvalue weighted by Crippen LogP contribution is 2.48. The number of nitro groups is 5. The molecule has 150 heavy (non-hydrogen) atoms. The van der Waals surface area contributed by atoms with E-state index in [2.05, 4.69) is 4.74 Å². The molecular formula is C105H159B2ClN9O32P. The number of nitrogen functional groups attached to an aromatic ring is 2. The number of esters is 6. The SMILES string of the molecule is C1CO1.CCOP(=O)(CC(=O)OC(C)(C)C)OCC.C[N+](=O)[O-].Cc1ccc(N(CCO)CCO)cc1C(CC[B]C=O)CC(=O)OC(C)(C)C.Cc1ccc(N)cc1C(CC[B]C=O)CC(=O)OC(C)(C)C.Cc1ccc(N)cc1C(CN)CC(=O)OC(C)(C)C.Cc1ccc([N+](=O)[O-])cc1/C=C/C(=O)OC(C)(C)C.Cc1ccc([N+](=O)[O-])cc1C(CC(=O)OC(C)(C)C)C[N+](=O)[O-].Cc1ccc([N+](=O)[O-])cc1C=O.OCCCl. The first-order valence-electron chi connectivity index (χ1n) is 48.4. The largest absolute Gasteiger partial charge is 0.460 e. The van der Waals surface area contributed by atoms with Crippen LogP contribution < -0.4 is 22.1 Å². The molecule has 4 unspecified atom stereocenters. The minimum atomic E-state index is -3.34. The number of anilines is 3. The van der Waals surface area contributed by atoms with E-state index in [1.165, 1.54) is 54.6 Å². The van der Waals surface area contributed by atoms with Gasteiger partial charge in [-0.3, -0.25) is 83.9 Å².